The van der Waals surface area contributed by atoms with Crippen molar-refractivity contribution in [1.82, 2.24) is 4.57 Å². The van der Waals surface area contributed by atoms with Gasteiger partial charge < -0.3 is 14.6 Å². The van der Waals surface area contributed by atoms with E-state index in [-0.39, 0.29) is 22.2 Å². The molecule has 1 aromatic heterocycles. The van der Waals surface area contributed by atoms with Crippen molar-refractivity contribution in [3.8, 4) is 0 Å². The maximum atomic E-state index is 13.7. The molecule has 0 aliphatic rings. The molecule has 0 bridgehead atoms. The van der Waals surface area contributed by atoms with Gasteiger partial charge in [-0.2, -0.15) is 0 Å². The van der Waals surface area contributed by atoms with Crippen LogP contribution in [0.3, 0.4) is 0 Å². The number of ether oxygens (including phenoxy) is 1. The average Bonchev–Trinajstić information content (AvgIpc) is 2.92. The van der Waals surface area contributed by atoms with E-state index in [4.69, 9.17) is 16.3 Å². The van der Waals surface area contributed by atoms with Crippen LogP contribution in [0.4, 0.5) is 10.1 Å². The zero-order chi connectivity index (χ0) is 18.7. The number of amides is 1. The van der Waals surface area contributed by atoms with E-state index in [1.807, 2.05) is 0 Å². The molecular weight excluding hydrogens is 351 g/mol. The van der Waals surface area contributed by atoms with Crippen LogP contribution in [0.2, 0.25) is 5.02 Å². The zero-order valence-corrected chi connectivity index (χ0v) is 14.6. The Balaban J connectivity index is 2.05. The smallest absolute Gasteiger partial charge is 0.355 e. The van der Waals surface area contributed by atoms with Gasteiger partial charge in [0.05, 0.1) is 5.69 Å². The number of Topliss-reactive ketones (excluding diaryl/α,β-unsaturated/α-hetero) is 1. The molecule has 0 saturated carbocycles. The van der Waals surface area contributed by atoms with Gasteiger partial charge in [-0.3, -0.25) is 9.59 Å². The highest BCUT2D eigenvalue weighted by Crippen LogP contribution is 2.19. The van der Waals surface area contributed by atoms with Crippen LogP contribution >= 0.6 is 11.6 Å². The Hall–Kier alpha value is -2.67. The van der Waals surface area contributed by atoms with E-state index in [0.717, 1.165) is 6.07 Å². The molecule has 0 aliphatic carbocycles. The van der Waals surface area contributed by atoms with Crippen LogP contribution in [0.1, 0.15) is 34.7 Å². The predicted molar refractivity (Wildman–Crippen MR) is 90.3 cm³/mol. The lowest BCUT2D eigenvalue weighted by molar-refractivity contribution is -0.123. The van der Waals surface area contributed by atoms with E-state index in [9.17, 15) is 18.8 Å². The minimum absolute atomic E-state index is 0.0740. The SMILES string of the molecule is CC(=O)c1cc(C(=O)O[C@H](C)C(=O)Nc2ccc(Cl)cc2F)n(C)c1. The molecule has 0 spiro atoms. The van der Waals surface area contributed by atoms with Crippen LogP contribution in [0.15, 0.2) is 30.5 Å². The first kappa shape index (κ1) is 18.7. The van der Waals surface area contributed by atoms with Crippen molar-refractivity contribution < 1.29 is 23.5 Å². The first-order chi connectivity index (χ1) is 11.7. The molecule has 1 N–H and O–H groups in total. The fraction of sp³-hybridized carbons (Fsp3) is 0.235. The van der Waals surface area contributed by atoms with Crippen molar-refractivity contribution in [3.63, 3.8) is 0 Å². The molecule has 0 unspecified atom stereocenters. The summed E-state index contributed by atoms with van der Waals surface area (Å²) in [5.74, 6) is -2.36. The Labute approximate surface area is 148 Å². The number of nitrogens with zero attached hydrogens (tertiary/aromatic N) is 1. The molecule has 8 heteroatoms. The minimum atomic E-state index is -1.17. The third kappa shape index (κ3) is 4.45. The Kier molecular flexibility index (Phi) is 5.58. The van der Waals surface area contributed by atoms with Crippen LogP contribution in [-0.4, -0.2) is 28.3 Å². The molecule has 1 aromatic carbocycles. The van der Waals surface area contributed by atoms with E-state index in [1.54, 1.807) is 7.05 Å². The number of esters is 1. The summed E-state index contributed by atoms with van der Waals surface area (Å²) in [6.07, 6.45) is 0.325. The van der Waals surface area contributed by atoms with Gasteiger partial charge in [-0.1, -0.05) is 11.6 Å². The van der Waals surface area contributed by atoms with Crippen molar-refractivity contribution in [2.24, 2.45) is 7.05 Å². The van der Waals surface area contributed by atoms with Gasteiger partial charge in [-0.05, 0) is 38.1 Å². The first-order valence-corrected chi connectivity index (χ1v) is 7.71. The number of ketones is 1. The lowest BCUT2D eigenvalue weighted by Crippen LogP contribution is -2.30. The van der Waals surface area contributed by atoms with Crippen LogP contribution < -0.4 is 5.32 Å². The normalized spacial score (nSPS) is 11.7. The van der Waals surface area contributed by atoms with Crippen molar-refractivity contribution in [1.29, 1.82) is 0 Å². The van der Waals surface area contributed by atoms with E-state index in [2.05, 4.69) is 5.32 Å². The third-order valence-electron chi connectivity index (χ3n) is 3.46. The number of anilines is 1. The Morgan fingerprint density at radius 1 is 1.28 bits per heavy atom. The predicted octanol–water partition coefficient (Wildman–Crippen LogP) is 3.20. The second-order valence-corrected chi connectivity index (χ2v) is 5.88. The molecule has 6 nitrogen and oxygen atoms in total. The Morgan fingerprint density at radius 2 is 1.96 bits per heavy atom. The summed E-state index contributed by atoms with van der Waals surface area (Å²) in [5.41, 5.74) is 0.410. The van der Waals surface area contributed by atoms with Crippen LogP contribution in [0.5, 0.6) is 0 Å². The molecule has 132 valence electrons. The van der Waals surface area contributed by atoms with Crippen LogP contribution in [0, 0.1) is 5.82 Å². The molecule has 0 fully saturated rings. The maximum absolute atomic E-state index is 13.7. The summed E-state index contributed by atoms with van der Waals surface area (Å²) in [7, 11) is 1.58. The number of carbonyl (C=O) groups excluding carboxylic acids is 3. The fourth-order valence-electron chi connectivity index (χ4n) is 2.06. The lowest BCUT2D eigenvalue weighted by Gasteiger charge is -2.14. The second-order valence-electron chi connectivity index (χ2n) is 5.44. The molecule has 0 radical (unpaired) electrons. The molecule has 1 amide bonds. The summed E-state index contributed by atoms with van der Waals surface area (Å²) in [6, 6.07) is 5.17. The molecule has 2 aromatic rings. The lowest BCUT2D eigenvalue weighted by atomic mass is 10.2. The van der Waals surface area contributed by atoms with E-state index in [0.29, 0.717) is 5.56 Å². The summed E-state index contributed by atoms with van der Waals surface area (Å²) in [5, 5.41) is 2.52. The number of aryl methyl sites for hydroxylation is 1. The van der Waals surface area contributed by atoms with Gasteiger partial charge in [0.1, 0.15) is 11.5 Å². The zero-order valence-electron chi connectivity index (χ0n) is 13.8. The van der Waals surface area contributed by atoms with Gasteiger partial charge in [0.25, 0.3) is 5.91 Å². The van der Waals surface area contributed by atoms with E-state index < -0.39 is 23.8 Å². The number of hydrogen-bond acceptors (Lipinski definition) is 4. The molecule has 1 heterocycles. The molecule has 1 atom stereocenters. The number of aromatic nitrogens is 1. The van der Waals surface area contributed by atoms with Gasteiger partial charge in [0, 0.05) is 23.8 Å². The fourth-order valence-corrected chi connectivity index (χ4v) is 2.22. The topological polar surface area (TPSA) is 77.4 Å². The van der Waals surface area contributed by atoms with Crippen molar-refractivity contribution in [2.75, 3.05) is 5.32 Å². The number of benzene rings is 1. The van der Waals surface area contributed by atoms with Gasteiger partial charge in [0.15, 0.2) is 11.9 Å². The molecule has 2 rings (SSSR count). The molecule has 0 saturated heterocycles. The van der Waals surface area contributed by atoms with E-state index >= 15 is 0 Å². The largest absolute Gasteiger partial charge is 0.448 e. The van der Waals surface area contributed by atoms with Crippen molar-refractivity contribution in [2.45, 2.75) is 20.0 Å². The van der Waals surface area contributed by atoms with Crippen LogP contribution in [-0.2, 0) is 16.6 Å². The summed E-state index contributed by atoms with van der Waals surface area (Å²) < 4.78 is 20.2. The summed E-state index contributed by atoms with van der Waals surface area (Å²) in [6.45, 7) is 2.73. The summed E-state index contributed by atoms with van der Waals surface area (Å²) in [4.78, 5) is 35.6. The molecular formula is C17H16ClFN2O4. The van der Waals surface area contributed by atoms with Gasteiger partial charge in [0.2, 0.25) is 0 Å². The minimum Gasteiger partial charge on any atom is -0.448 e. The van der Waals surface area contributed by atoms with E-state index in [1.165, 1.54) is 42.8 Å². The molecule has 0 aliphatic heterocycles. The highest BCUT2D eigenvalue weighted by Gasteiger charge is 2.22. The van der Waals surface area contributed by atoms with Gasteiger partial charge in [-0.25, -0.2) is 9.18 Å². The Morgan fingerprint density at radius 3 is 2.52 bits per heavy atom. The molecule has 25 heavy (non-hydrogen) atoms. The number of hydrogen-bond donors (Lipinski definition) is 1. The maximum Gasteiger partial charge on any atom is 0.355 e. The third-order valence-corrected chi connectivity index (χ3v) is 3.70. The highest BCUT2D eigenvalue weighted by molar-refractivity contribution is 6.30. The highest BCUT2D eigenvalue weighted by atomic mass is 35.5. The second kappa shape index (κ2) is 7.48. The van der Waals surface area contributed by atoms with Gasteiger partial charge >= 0.3 is 5.97 Å². The average molecular weight is 367 g/mol. The summed E-state index contributed by atoms with van der Waals surface area (Å²) >= 11 is 5.64. The number of nitrogens with one attached hydrogen (secondary N) is 1. The number of rotatable bonds is 5. The standard InChI is InChI=1S/C17H16ClFN2O4/c1-9(22)11-6-15(21(3)8-11)17(24)25-10(2)16(23)20-14-5-4-12(18)7-13(14)19/h4-8,10H,1-3H3,(H,20,23)/t10-/m1/s1. The van der Waals surface area contributed by atoms with Crippen LogP contribution in [0.25, 0.3) is 0 Å². The Bertz CT molecular complexity index is 847. The monoisotopic (exact) mass is 366 g/mol. The van der Waals surface area contributed by atoms with Crippen molar-refractivity contribution >= 4 is 34.9 Å². The van der Waals surface area contributed by atoms with Crippen molar-refractivity contribution in [3.05, 3.63) is 52.6 Å². The number of carbonyl (C=O) groups is 3. The quantitative estimate of drug-likeness (QED) is 0.651. The number of halogens is 2. The van der Waals surface area contributed by atoms with Gasteiger partial charge in [-0.15, -0.1) is 0 Å². The first-order valence-electron chi connectivity index (χ1n) is 7.33.